The second kappa shape index (κ2) is 6.73. The molecule has 1 amide bonds. The molecule has 8 nitrogen and oxygen atoms in total. The van der Waals surface area contributed by atoms with E-state index in [4.69, 9.17) is 0 Å². The van der Waals surface area contributed by atoms with Crippen molar-refractivity contribution < 1.29 is 9.90 Å². The van der Waals surface area contributed by atoms with Gasteiger partial charge in [-0.05, 0) is 17.5 Å². The summed E-state index contributed by atoms with van der Waals surface area (Å²) >= 11 is 0. The summed E-state index contributed by atoms with van der Waals surface area (Å²) in [6, 6.07) is 19.4. The minimum absolute atomic E-state index is 0.440. The summed E-state index contributed by atoms with van der Waals surface area (Å²) in [4.78, 5) is 39.5. The van der Waals surface area contributed by atoms with Crippen molar-refractivity contribution in [3.63, 3.8) is 0 Å². The van der Waals surface area contributed by atoms with E-state index in [-0.39, 0.29) is 0 Å². The molecular formula is C20H16N4O4. The van der Waals surface area contributed by atoms with E-state index in [1.165, 1.54) is 0 Å². The minimum atomic E-state index is -0.925. The topological polar surface area (TPSA) is 128 Å². The summed E-state index contributed by atoms with van der Waals surface area (Å²) in [7, 11) is 0. The number of aromatic amines is 2. The summed E-state index contributed by atoms with van der Waals surface area (Å²) < 4.78 is 0. The summed E-state index contributed by atoms with van der Waals surface area (Å²) in [6.07, 6.45) is 0.562. The third-order valence-corrected chi connectivity index (χ3v) is 4.98. The van der Waals surface area contributed by atoms with Crippen molar-refractivity contribution in [1.82, 2.24) is 9.97 Å². The molecule has 1 aliphatic rings. The Hall–Kier alpha value is -3.81. The highest BCUT2D eigenvalue weighted by Crippen LogP contribution is 2.59. The second-order valence-electron chi connectivity index (χ2n) is 6.60. The number of carbonyl (C=O) groups excluding carboxylic acids is 1. The molecule has 0 bridgehead atoms. The first-order chi connectivity index (χ1) is 13.5. The number of carbonyl (C=O) groups is 1. The molecule has 0 spiro atoms. The van der Waals surface area contributed by atoms with Gasteiger partial charge in [0.25, 0.3) is 11.5 Å². The molecule has 140 valence electrons. The third-order valence-electron chi connectivity index (χ3n) is 4.98. The van der Waals surface area contributed by atoms with Gasteiger partial charge >= 0.3 is 5.69 Å². The first-order valence-electron chi connectivity index (χ1n) is 8.64. The van der Waals surface area contributed by atoms with Crippen LogP contribution in [-0.2, 0) is 10.2 Å². The third kappa shape index (κ3) is 2.94. The predicted octanol–water partition coefficient (Wildman–Crippen LogP) is 2.39. The van der Waals surface area contributed by atoms with Gasteiger partial charge in [0, 0.05) is 5.41 Å². The number of nitrogens with zero attached hydrogens (tertiary/aromatic N) is 2. The van der Waals surface area contributed by atoms with Crippen LogP contribution >= 0.6 is 0 Å². The highest BCUT2D eigenvalue weighted by molar-refractivity contribution is 5.86. The van der Waals surface area contributed by atoms with Gasteiger partial charge in [0.2, 0.25) is 11.6 Å². The minimum Gasteiger partial charge on any atom is -0.493 e. The molecule has 1 saturated carbocycles. The fourth-order valence-electron chi connectivity index (χ4n) is 3.57. The fraction of sp³-hybridized carbons (Fsp3) is 0.150. The molecule has 0 aliphatic heterocycles. The molecule has 1 aromatic heterocycles. The summed E-state index contributed by atoms with van der Waals surface area (Å²) in [6.45, 7) is 0. The van der Waals surface area contributed by atoms with E-state index in [1.807, 2.05) is 70.6 Å². The fourth-order valence-corrected chi connectivity index (χ4v) is 3.57. The first-order valence-corrected chi connectivity index (χ1v) is 8.64. The van der Waals surface area contributed by atoms with Gasteiger partial charge in [-0.2, -0.15) is 0 Å². The standard InChI is InChI=1S/C20H16N4O4/c25-16(24-23-15-17(26)21-19(28)22-18(15)27)14-11-20(14,12-7-3-1-4-8-12)13-9-5-2-6-10-13/h1-10,14H,11H2,(H3,21,22,26,27,28). The zero-order valence-electron chi connectivity index (χ0n) is 14.6. The largest absolute Gasteiger partial charge is 0.493 e. The van der Waals surface area contributed by atoms with E-state index in [0.717, 1.165) is 11.1 Å². The van der Waals surface area contributed by atoms with Crippen molar-refractivity contribution in [3.8, 4) is 5.88 Å². The molecule has 1 unspecified atom stereocenters. The van der Waals surface area contributed by atoms with Gasteiger partial charge in [-0.15, -0.1) is 10.2 Å². The number of H-pyrrole nitrogens is 2. The quantitative estimate of drug-likeness (QED) is 0.604. The number of benzene rings is 2. The van der Waals surface area contributed by atoms with Crippen LogP contribution in [0.15, 0.2) is 80.5 Å². The number of hydrogen-bond donors (Lipinski definition) is 3. The van der Waals surface area contributed by atoms with Gasteiger partial charge in [-0.25, -0.2) is 4.79 Å². The Morgan fingerprint density at radius 3 is 2.07 bits per heavy atom. The van der Waals surface area contributed by atoms with Crippen molar-refractivity contribution >= 4 is 11.6 Å². The Morgan fingerprint density at radius 2 is 1.54 bits per heavy atom. The molecule has 3 N–H and O–H groups in total. The number of nitrogens with one attached hydrogen (secondary N) is 2. The van der Waals surface area contributed by atoms with Crippen LogP contribution in [0, 0.1) is 5.92 Å². The Kier molecular flexibility index (Phi) is 4.23. The normalized spacial score (nSPS) is 17.5. The van der Waals surface area contributed by atoms with Crippen LogP contribution < -0.4 is 11.2 Å². The van der Waals surface area contributed by atoms with E-state index in [1.54, 1.807) is 0 Å². The molecule has 1 atom stereocenters. The van der Waals surface area contributed by atoms with Crippen LogP contribution in [-0.4, -0.2) is 21.0 Å². The predicted molar refractivity (Wildman–Crippen MR) is 101 cm³/mol. The highest BCUT2D eigenvalue weighted by Gasteiger charge is 2.60. The molecule has 0 radical (unpaired) electrons. The van der Waals surface area contributed by atoms with Crippen molar-refractivity contribution in [1.29, 1.82) is 0 Å². The molecule has 4 rings (SSSR count). The SMILES string of the molecule is O=C(N=Nc1c(O)[nH]c(=O)[nH]c1=O)C1CC1(c1ccccc1)c1ccccc1. The van der Waals surface area contributed by atoms with Crippen LogP contribution in [0.25, 0.3) is 0 Å². The van der Waals surface area contributed by atoms with Crippen LogP contribution in [0.5, 0.6) is 5.88 Å². The number of hydrogen-bond acceptors (Lipinski definition) is 5. The average molecular weight is 376 g/mol. The van der Waals surface area contributed by atoms with Crippen LogP contribution in [0.2, 0.25) is 0 Å². The van der Waals surface area contributed by atoms with E-state index in [2.05, 4.69) is 10.2 Å². The van der Waals surface area contributed by atoms with Crippen LogP contribution in [0.1, 0.15) is 17.5 Å². The van der Waals surface area contributed by atoms with Crippen molar-refractivity contribution in [2.75, 3.05) is 0 Å². The highest BCUT2D eigenvalue weighted by atomic mass is 16.3. The molecular weight excluding hydrogens is 360 g/mol. The van der Waals surface area contributed by atoms with Gasteiger partial charge in [0.05, 0.1) is 5.92 Å². The molecule has 8 heteroatoms. The van der Waals surface area contributed by atoms with Gasteiger partial charge in [0.15, 0.2) is 0 Å². The van der Waals surface area contributed by atoms with Crippen LogP contribution in [0.4, 0.5) is 5.69 Å². The lowest BCUT2D eigenvalue weighted by Crippen LogP contribution is -2.21. The van der Waals surface area contributed by atoms with Gasteiger partial charge in [-0.1, -0.05) is 60.7 Å². The monoisotopic (exact) mass is 376 g/mol. The Morgan fingerprint density at radius 1 is 0.964 bits per heavy atom. The van der Waals surface area contributed by atoms with Crippen molar-refractivity contribution in [3.05, 3.63) is 92.6 Å². The maximum absolute atomic E-state index is 12.7. The zero-order chi connectivity index (χ0) is 19.7. The van der Waals surface area contributed by atoms with Crippen molar-refractivity contribution in [2.45, 2.75) is 11.8 Å². The molecule has 0 saturated heterocycles. The molecule has 28 heavy (non-hydrogen) atoms. The van der Waals surface area contributed by atoms with E-state index in [0.29, 0.717) is 6.42 Å². The molecule has 1 aliphatic carbocycles. The van der Waals surface area contributed by atoms with Gasteiger partial charge in [-0.3, -0.25) is 19.6 Å². The maximum atomic E-state index is 12.7. The number of aromatic nitrogens is 2. The molecule has 1 fully saturated rings. The lowest BCUT2D eigenvalue weighted by Gasteiger charge is -2.17. The molecule has 1 heterocycles. The number of aromatic hydroxyl groups is 1. The Balaban J connectivity index is 1.67. The van der Waals surface area contributed by atoms with Gasteiger partial charge < -0.3 is 5.11 Å². The number of azo groups is 1. The lowest BCUT2D eigenvalue weighted by molar-refractivity contribution is -0.119. The molecule has 3 aromatic rings. The summed E-state index contributed by atoms with van der Waals surface area (Å²) in [5.41, 5.74) is -0.816. The van der Waals surface area contributed by atoms with E-state index < -0.39 is 40.1 Å². The molecule has 2 aromatic carbocycles. The van der Waals surface area contributed by atoms with Crippen molar-refractivity contribution in [2.24, 2.45) is 16.1 Å². The maximum Gasteiger partial charge on any atom is 0.328 e. The average Bonchev–Trinajstić information content (AvgIpc) is 3.45. The Bertz CT molecular complexity index is 1130. The lowest BCUT2D eigenvalue weighted by atomic mass is 9.85. The number of rotatable bonds is 4. The van der Waals surface area contributed by atoms with E-state index >= 15 is 0 Å². The Labute approximate surface area is 158 Å². The van der Waals surface area contributed by atoms with Gasteiger partial charge in [0.1, 0.15) is 0 Å². The smallest absolute Gasteiger partial charge is 0.328 e. The first kappa shape index (κ1) is 17.6. The van der Waals surface area contributed by atoms with Crippen LogP contribution in [0.3, 0.4) is 0 Å². The summed E-state index contributed by atoms with van der Waals surface area (Å²) in [5.74, 6) is -1.68. The second-order valence-corrected chi connectivity index (χ2v) is 6.60. The number of amides is 1. The summed E-state index contributed by atoms with van der Waals surface area (Å²) in [5, 5.41) is 16.9. The zero-order valence-corrected chi connectivity index (χ0v) is 14.6. The van der Waals surface area contributed by atoms with E-state index in [9.17, 15) is 19.5 Å².